The third-order valence-corrected chi connectivity index (χ3v) is 6.94. The van der Waals surface area contributed by atoms with Gasteiger partial charge >= 0.3 is 7.12 Å². The number of hydrogen-bond acceptors (Lipinski definition) is 5. The highest BCUT2D eigenvalue weighted by Gasteiger charge is 2.55. The second kappa shape index (κ2) is 8.70. The summed E-state index contributed by atoms with van der Waals surface area (Å²) in [7, 11) is -0.582. The Balaban J connectivity index is 2.07. The standard InChI is InChI=1S/C19H30BClFNO4S/c1-17(2,3)28(24)23-16(20-26-18(4,5)19(6,7)27-20)10-11-25-13-8-9-14(21)15(22)12-13/h8-9,12,16,23H,10-11H2,1-7H3/t16-,28?/m1/s1. The summed E-state index contributed by atoms with van der Waals surface area (Å²) in [5.74, 6) is -0.515. The maximum atomic E-state index is 13.6. The normalized spacial score (nSPS) is 20.9. The third-order valence-electron chi connectivity index (χ3n) is 5.00. The van der Waals surface area contributed by atoms with E-state index in [0.717, 1.165) is 0 Å². The molecular formula is C19H30BClFNO4S. The number of ether oxygens (including phenoxy) is 1. The predicted octanol–water partition coefficient (Wildman–Crippen LogP) is 4.30. The molecule has 1 N–H and O–H groups in total. The maximum absolute atomic E-state index is 13.6. The molecule has 0 aliphatic carbocycles. The fourth-order valence-corrected chi connectivity index (χ4v) is 3.46. The topological polar surface area (TPSA) is 62.8 Å². The first kappa shape index (κ1) is 23.8. The third kappa shape index (κ3) is 5.77. The summed E-state index contributed by atoms with van der Waals surface area (Å²) in [5.41, 5.74) is -0.998. The minimum absolute atomic E-state index is 0.0460. The fraction of sp³-hybridized carbons (Fsp3) is 0.684. The van der Waals surface area contributed by atoms with Crippen LogP contribution in [0.4, 0.5) is 4.39 Å². The van der Waals surface area contributed by atoms with Crippen molar-refractivity contribution in [2.75, 3.05) is 6.61 Å². The molecule has 1 aliphatic heterocycles. The van der Waals surface area contributed by atoms with E-state index in [4.69, 9.17) is 25.6 Å². The number of halogens is 2. The average molecular weight is 434 g/mol. The Morgan fingerprint density at radius 1 is 1.25 bits per heavy atom. The zero-order valence-corrected chi connectivity index (χ0v) is 19.2. The van der Waals surface area contributed by atoms with E-state index in [0.29, 0.717) is 12.2 Å². The zero-order chi connectivity index (χ0) is 21.3. The van der Waals surface area contributed by atoms with Gasteiger partial charge in [-0.15, -0.1) is 4.72 Å². The van der Waals surface area contributed by atoms with E-state index in [9.17, 15) is 8.94 Å². The molecule has 0 radical (unpaired) electrons. The lowest BCUT2D eigenvalue weighted by molar-refractivity contribution is 0.00578. The van der Waals surface area contributed by atoms with Crippen molar-refractivity contribution in [2.45, 2.75) is 76.8 Å². The summed E-state index contributed by atoms with van der Waals surface area (Å²) < 4.78 is 46.8. The Morgan fingerprint density at radius 2 is 1.82 bits per heavy atom. The van der Waals surface area contributed by atoms with Gasteiger partial charge in [0.25, 0.3) is 0 Å². The smallest absolute Gasteiger partial charge is 0.480 e. The van der Waals surface area contributed by atoms with Crippen LogP contribution in [0.1, 0.15) is 54.9 Å². The van der Waals surface area contributed by atoms with Gasteiger partial charge in [-0.2, -0.15) is 0 Å². The monoisotopic (exact) mass is 433 g/mol. The average Bonchev–Trinajstić information content (AvgIpc) is 2.76. The molecule has 0 bridgehead atoms. The van der Waals surface area contributed by atoms with E-state index in [2.05, 4.69) is 4.72 Å². The molecule has 9 heteroatoms. The molecule has 1 aliphatic rings. The van der Waals surface area contributed by atoms with Gasteiger partial charge < -0.3 is 18.6 Å². The number of hydrogen-bond donors (Lipinski definition) is 1. The Hall–Kier alpha value is -0.505. The van der Waals surface area contributed by atoms with E-state index in [1.165, 1.54) is 12.1 Å². The summed E-state index contributed by atoms with van der Waals surface area (Å²) in [6, 6.07) is 4.30. The van der Waals surface area contributed by atoms with Crippen LogP contribution in [-0.2, 0) is 20.7 Å². The molecule has 0 spiro atoms. The van der Waals surface area contributed by atoms with Crippen molar-refractivity contribution in [3.05, 3.63) is 29.0 Å². The molecule has 1 unspecified atom stereocenters. The second-order valence-corrected chi connectivity index (χ2v) is 11.3. The summed E-state index contributed by atoms with van der Waals surface area (Å²) in [6.45, 7) is 13.8. The van der Waals surface area contributed by atoms with Crippen molar-refractivity contribution in [1.82, 2.24) is 4.72 Å². The molecule has 158 valence electrons. The van der Waals surface area contributed by atoms with Crippen LogP contribution in [0.25, 0.3) is 0 Å². The van der Waals surface area contributed by atoms with E-state index in [-0.39, 0.29) is 17.6 Å². The molecule has 1 aromatic carbocycles. The van der Waals surface area contributed by atoms with Crippen LogP contribution in [0, 0.1) is 5.82 Å². The molecule has 2 rings (SSSR count). The van der Waals surface area contributed by atoms with Crippen LogP contribution in [-0.4, -0.2) is 40.2 Å². The molecule has 28 heavy (non-hydrogen) atoms. The first-order chi connectivity index (χ1) is 12.7. The van der Waals surface area contributed by atoms with Gasteiger partial charge in [0, 0.05) is 17.4 Å². The van der Waals surface area contributed by atoms with Crippen molar-refractivity contribution < 1.29 is 23.0 Å². The van der Waals surface area contributed by atoms with Crippen molar-refractivity contribution in [1.29, 1.82) is 0 Å². The number of rotatable bonds is 7. The second-order valence-electron chi connectivity index (χ2n) is 8.94. The van der Waals surface area contributed by atoms with Gasteiger partial charge in [-0.25, -0.2) is 4.39 Å². The van der Waals surface area contributed by atoms with E-state index in [1.807, 2.05) is 48.5 Å². The van der Waals surface area contributed by atoms with E-state index < -0.39 is 40.2 Å². The van der Waals surface area contributed by atoms with Gasteiger partial charge in [0.15, 0.2) is 0 Å². The Kier molecular flexibility index (Phi) is 7.38. The van der Waals surface area contributed by atoms with Crippen LogP contribution in [0.2, 0.25) is 5.02 Å². The molecule has 1 fully saturated rings. The highest BCUT2D eigenvalue weighted by molar-refractivity contribution is 7.90. The molecular weight excluding hydrogens is 404 g/mol. The first-order valence-corrected chi connectivity index (χ1v) is 10.9. The molecule has 5 nitrogen and oxygen atoms in total. The number of benzene rings is 1. The maximum Gasteiger partial charge on any atom is 0.480 e. The highest BCUT2D eigenvalue weighted by Crippen LogP contribution is 2.38. The lowest BCUT2D eigenvalue weighted by atomic mass is 9.77. The largest absolute Gasteiger partial charge is 0.598 e. The quantitative estimate of drug-likeness (QED) is 0.513. The molecule has 0 saturated carbocycles. The highest BCUT2D eigenvalue weighted by atomic mass is 35.5. The lowest BCUT2D eigenvalue weighted by Crippen LogP contribution is -2.52. The number of nitrogens with one attached hydrogen (secondary N) is 1. The van der Waals surface area contributed by atoms with Crippen molar-refractivity contribution in [3.63, 3.8) is 0 Å². The molecule has 1 aromatic rings. The Morgan fingerprint density at radius 3 is 2.32 bits per heavy atom. The van der Waals surface area contributed by atoms with Gasteiger partial charge in [0.1, 0.15) is 16.3 Å². The molecule has 2 atom stereocenters. The van der Waals surface area contributed by atoms with Gasteiger partial charge in [0.2, 0.25) is 0 Å². The minimum Gasteiger partial charge on any atom is -0.598 e. The van der Waals surface area contributed by atoms with E-state index in [1.54, 1.807) is 6.07 Å². The Bertz CT molecular complexity index is 670. The van der Waals surface area contributed by atoms with Crippen LogP contribution in [0.15, 0.2) is 18.2 Å². The van der Waals surface area contributed by atoms with Gasteiger partial charge in [-0.1, -0.05) is 11.6 Å². The molecule has 1 saturated heterocycles. The van der Waals surface area contributed by atoms with Gasteiger partial charge in [-0.3, -0.25) is 0 Å². The fourth-order valence-electron chi connectivity index (χ4n) is 2.49. The van der Waals surface area contributed by atoms with Crippen molar-refractivity contribution in [2.24, 2.45) is 0 Å². The molecule has 1 heterocycles. The van der Waals surface area contributed by atoms with Gasteiger partial charge in [-0.05, 0) is 67.0 Å². The van der Waals surface area contributed by atoms with Crippen molar-refractivity contribution >= 4 is 30.1 Å². The van der Waals surface area contributed by atoms with Gasteiger partial charge in [0.05, 0.1) is 28.8 Å². The molecule has 0 amide bonds. The molecule has 0 aromatic heterocycles. The SMILES string of the molecule is CC(C)(C)[S+]([O-])N[C@H](CCOc1ccc(Cl)c(F)c1)B1OC(C)(C)C(C)(C)O1. The predicted molar refractivity (Wildman–Crippen MR) is 112 cm³/mol. The Labute approximate surface area is 176 Å². The van der Waals surface area contributed by atoms with Crippen LogP contribution in [0.3, 0.4) is 0 Å². The van der Waals surface area contributed by atoms with E-state index >= 15 is 0 Å². The summed E-state index contributed by atoms with van der Waals surface area (Å²) in [6.07, 6.45) is 0.461. The van der Waals surface area contributed by atoms with Crippen LogP contribution >= 0.6 is 11.6 Å². The summed E-state index contributed by atoms with van der Waals surface area (Å²) in [4.78, 5) is 0. The van der Waals surface area contributed by atoms with Crippen LogP contribution < -0.4 is 9.46 Å². The summed E-state index contributed by atoms with van der Waals surface area (Å²) >= 11 is 4.39. The van der Waals surface area contributed by atoms with Crippen molar-refractivity contribution in [3.8, 4) is 5.75 Å². The summed E-state index contributed by atoms with van der Waals surface area (Å²) in [5, 5.41) is 0.0460. The van der Waals surface area contributed by atoms with Crippen LogP contribution in [0.5, 0.6) is 5.75 Å². The lowest BCUT2D eigenvalue weighted by Gasteiger charge is -2.32. The zero-order valence-electron chi connectivity index (χ0n) is 17.6. The minimum atomic E-state index is -1.31. The first-order valence-electron chi connectivity index (χ1n) is 9.34.